The van der Waals surface area contributed by atoms with E-state index in [9.17, 15) is 4.79 Å². The first kappa shape index (κ1) is 10.2. The van der Waals surface area contributed by atoms with Crippen molar-refractivity contribution in [2.75, 3.05) is 0 Å². The summed E-state index contributed by atoms with van der Waals surface area (Å²) in [6.45, 7) is 1.97. The zero-order chi connectivity index (χ0) is 10.8. The lowest BCUT2D eigenvalue weighted by atomic mass is 10.3. The highest BCUT2D eigenvalue weighted by molar-refractivity contribution is 9.10. The fourth-order valence-corrected chi connectivity index (χ4v) is 1.90. The summed E-state index contributed by atoms with van der Waals surface area (Å²) >= 11 is 3.43. The lowest BCUT2D eigenvalue weighted by Crippen LogP contribution is -2.16. The molecule has 1 aromatic heterocycles. The average molecular weight is 264 g/mol. The van der Waals surface area contributed by atoms with Gasteiger partial charge in [-0.3, -0.25) is 9.36 Å². The highest BCUT2D eigenvalue weighted by Gasteiger charge is 2.02. The van der Waals surface area contributed by atoms with Crippen molar-refractivity contribution in [3.63, 3.8) is 0 Å². The molecule has 1 heterocycles. The topological polar surface area (TPSA) is 22.0 Å². The maximum Gasteiger partial charge on any atom is 0.255 e. The number of aryl methyl sites for hydroxylation is 1. The number of pyridine rings is 1. The van der Waals surface area contributed by atoms with Gasteiger partial charge in [-0.1, -0.05) is 18.2 Å². The fourth-order valence-electron chi connectivity index (χ4n) is 1.43. The van der Waals surface area contributed by atoms with Gasteiger partial charge in [0.25, 0.3) is 5.56 Å². The van der Waals surface area contributed by atoms with Gasteiger partial charge >= 0.3 is 0 Å². The molecule has 0 saturated heterocycles. The molecule has 0 aliphatic carbocycles. The quantitative estimate of drug-likeness (QED) is 0.776. The van der Waals surface area contributed by atoms with E-state index >= 15 is 0 Å². The molecular weight excluding hydrogens is 254 g/mol. The van der Waals surface area contributed by atoms with Crippen LogP contribution < -0.4 is 5.56 Å². The summed E-state index contributed by atoms with van der Waals surface area (Å²) in [7, 11) is 0. The predicted octanol–water partition coefficient (Wildman–Crippen LogP) is 2.91. The van der Waals surface area contributed by atoms with Gasteiger partial charge in [0.1, 0.15) is 0 Å². The standard InChI is InChI=1S/C12H10BrNO/c1-9-6-7-12(15)14(8-9)11-5-3-2-4-10(11)13/h2-8H,1H3. The molecule has 0 bridgehead atoms. The highest BCUT2D eigenvalue weighted by Crippen LogP contribution is 2.18. The largest absolute Gasteiger partial charge is 0.283 e. The number of hydrogen-bond acceptors (Lipinski definition) is 1. The van der Waals surface area contributed by atoms with Crippen molar-refractivity contribution in [2.45, 2.75) is 6.92 Å². The van der Waals surface area contributed by atoms with Crippen molar-refractivity contribution < 1.29 is 0 Å². The van der Waals surface area contributed by atoms with Crippen molar-refractivity contribution in [3.8, 4) is 5.69 Å². The molecule has 0 N–H and O–H groups in total. The summed E-state index contributed by atoms with van der Waals surface area (Å²) in [4.78, 5) is 11.7. The number of aromatic nitrogens is 1. The Balaban J connectivity index is 2.69. The van der Waals surface area contributed by atoms with Crippen LogP contribution in [0.15, 0.2) is 51.9 Å². The van der Waals surface area contributed by atoms with Gasteiger partial charge in [0.2, 0.25) is 0 Å². The SMILES string of the molecule is Cc1ccc(=O)n(-c2ccccc2Br)c1. The van der Waals surface area contributed by atoms with E-state index in [2.05, 4.69) is 15.9 Å². The number of hydrogen-bond donors (Lipinski definition) is 0. The van der Waals surface area contributed by atoms with Crippen molar-refractivity contribution in [1.82, 2.24) is 4.57 Å². The van der Waals surface area contributed by atoms with Crippen LogP contribution in [0.2, 0.25) is 0 Å². The van der Waals surface area contributed by atoms with Crippen molar-refractivity contribution in [2.24, 2.45) is 0 Å². The smallest absolute Gasteiger partial charge is 0.255 e. The molecule has 2 rings (SSSR count). The van der Waals surface area contributed by atoms with Crippen molar-refractivity contribution in [1.29, 1.82) is 0 Å². The average Bonchev–Trinajstić information content (AvgIpc) is 2.23. The van der Waals surface area contributed by atoms with E-state index in [0.29, 0.717) is 0 Å². The van der Waals surface area contributed by atoms with Crippen molar-refractivity contribution in [3.05, 3.63) is 63.0 Å². The third kappa shape index (κ3) is 2.02. The van der Waals surface area contributed by atoms with Gasteiger partial charge in [-0.05, 0) is 40.5 Å². The van der Waals surface area contributed by atoms with Crippen LogP contribution in [0.4, 0.5) is 0 Å². The second-order valence-corrected chi connectivity index (χ2v) is 4.22. The van der Waals surface area contributed by atoms with Gasteiger partial charge in [0.15, 0.2) is 0 Å². The maximum absolute atomic E-state index is 11.7. The lowest BCUT2D eigenvalue weighted by Gasteiger charge is -2.07. The zero-order valence-corrected chi connectivity index (χ0v) is 9.86. The second kappa shape index (κ2) is 4.03. The minimum atomic E-state index is -0.0208. The molecule has 0 aliphatic rings. The van der Waals surface area contributed by atoms with E-state index in [4.69, 9.17) is 0 Å². The molecule has 0 aliphatic heterocycles. The summed E-state index contributed by atoms with van der Waals surface area (Å²) in [5.74, 6) is 0. The Labute approximate surface area is 96.3 Å². The number of benzene rings is 1. The van der Waals surface area contributed by atoms with Crippen LogP contribution in [0, 0.1) is 6.92 Å². The first-order valence-electron chi connectivity index (χ1n) is 4.63. The molecule has 3 heteroatoms. The van der Waals surface area contributed by atoms with Crippen LogP contribution >= 0.6 is 15.9 Å². The van der Waals surface area contributed by atoms with E-state index in [1.54, 1.807) is 10.6 Å². The summed E-state index contributed by atoms with van der Waals surface area (Å²) in [5, 5.41) is 0. The van der Waals surface area contributed by atoms with Crippen molar-refractivity contribution >= 4 is 15.9 Å². The van der Waals surface area contributed by atoms with Gasteiger partial charge in [0.05, 0.1) is 5.69 Å². The minimum absolute atomic E-state index is 0.0208. The van der Waals surface area contributed by atoms with Crippen LogP contribution in [-0.2, 0) is 0 Å². The second-order valence-electron chi connectivity index (χ2n) is 3.37. The van der Waals surface area contributed by atoms with Crippen LogP contribution in [-0.4, -0.2) is 4.57 Å². The van der Waals surface area contributed by atoms with E-state index in [1.807, 2.05) is 43.5 Å². The van der Waals surface area contributed by atoms with Gasteiger partial charge in [-0.25, -0.2) is 0 Å². The molecule has 0 radical (unpaired) electrons. The molecular formula is C12H10BrNO. The number of halogens is 1. The van der Waals surface area contributed by atoms with Gasteiger partial charge in [0, 0.05) is 16.7 Å². The van der Waals surface area contributed by atoms with E-state index in [-0.39, 0.29) is 5.56 Å². The van der Waals surface area contributed by atoms with Gasteiger partial charge < -0.3 is 0 Å². The lowest BCUT2D eigenvalue weighted by molar-refractivity contribution is 0.971. The molecule has 2 aromatic rings. The van der Waals surface area contributed by atoms with Crippen LogP contribution in [0.1, 0.15) is 5.56 Å². The Bertz CT molecular complexity index is 545. The first-order valence-corrected chi connectivity index (χ1v) is 5.42. The Kier molecular flexibility index (Phi) is 2.73. The zero-order valence-electron chi connectivity index (χ0n) is 8.27. The molecule has 0 fully saturated rings. The molecule has 0 unspecified atom stereocenters. The third-order valence-electron chi connectivity index (χ3n) is 2.17. The Morgan fingerprint density at radius 1 is 1.13 bits per heavy atom. The monoisotopic (exact) mass is 263 g/mol. The predicted molar refractivity (Wildman–Crippen MR) is 64.5 cm³/mol. The molecule has 76 valence electrons. The van der Waals surface area contributed by atoms with Crippen LogP contribution in [0.5, 0.6) is 0 Å². The molecule has 1 aromatic carbocycles. The highest BCUT2D eigenvalue weighted by atomic mass is 79.9. The molecule has 0 amide bonds. The van der Waals surface area contributed by atoms with E-state index in [0.717, 1.165) is 15.7 Å². The fraction of sp³-hybridized carbons (Fsp3) is 0.0833. The maximum atomic E-state index is 11.7. The van der Waals surface area contributed by atoms with Crippen LogP contribution in [0.25, 0.3) is 5.69 Å². The van der Waals surface area contributed by atoms with Gasteiger partial charge in [-0.15, -0.1) is 0 Å². The number of rotatable bonds is 1. The first-order chi connectivity index (χ1) is 7.18. The van der Waals surface area contributed by atoms with Crippen LogP contribution in [0.3, 0.4) is 0 Å². The van der Waals surface area contributed by atoms with E-state index < -0.39 is 0 Å². The summed E-state index contributed by atoms with van der Waals surface area (Å²) < 4.78 is 2.55. The summed E-state index contributed by atoms with van der Waals surface area (Å²) in [5.41, 5.74) is 1.91. The molecule has 2 nitrogen and oxygen atoms in total. The summed E-state index contributed by atoms with van der Waals surface area (Å²) in [6.07, 6.45) is 1.84. The normalized spacial score (nSPS) is 10.3. The minimum Gasteiger partial charge on any atom is -0.283 e. The molecule has 0 saturated carbocycles. The third-order valence-corrected chi connectivity index (χ3v) is 2.84. The molecule has 0 spiro atoms. The van der Waals surface area contributed by atoms with E-state index in [1.165, 1.54) is 0 Å². The molecule has 0 atom stereocenters. The summed E-state index contributed by atoms with van der Waals surface area (Å²) in [6, 6.07) is 11.1. The Morgan fingerprint density at radius 2 is 1.87 bits per heavy atom. The molecule has 15 heavy (non-hydrogen) atoms. The number of nitrogens with zero attached hydrogens (tertiary/aromatic N) is 1. The Hall–Kier alpha value is -1.35. The van der Waals surface area contributed by atoms with Gasteiger partial charge in [-0.2, -0.15) is 0 Å². The Morgan fingerprint density at radius 3 is 2.60 bits per heavy atom. The number of para-hydroxylation sites is 1.